The molecule has 0 heterocycles. The fourth-order valence-corrected chi connectivity index (χ4v) is 7.96. The van der Waals surface area contributed by atoms with Gasteiger partial charge in [0.05, 0.1) is 0 Å². The zero-order valence-corrected chi connectivity index (χ0v) is 42.6. The molecule has 6 nitrogen and oxygen atoms in total. The number of allylic oxidation sites excluding steroid dienone is 8. The zero-order valence-electron chi connectivity index (χ0n) is 42.6. The molecule has 0 aromatic rings. The van der Waals surface area contributed by atoms with Crippen LogP contribution in [0.2, 0.25) is 0 Å². The predicted molar refractivity (Wildman–Crippen MR) is 275 cm³/mol. The number of ether oxygens (including phenoxy) is 3. The summed E-state index contributed by atoms with van der Waals surface area (Å²) < 4.78 is 16.7. The average Bonchev–Trinajstić information content (AvgIpc) is 3.29. The highest BCUT2D eigenvalue weighted by molar-refractivity contribution is 5.71. The second-order valence-corrected chi connectivity index (χ2v) is 18.5. The summed E-state index contributed by atoms with van der Waals surface area (Å²) in [6, 6.07) is 0. The molecule has 372 valence electrons. The van der Waals surface area contributed by atoms with E-state index < -0.39 is 6.10 Å². The van der Waals surface area contributed by atoms with E-state index in [0.717, 1.165) is 89.9 Å². The third-order valence-electron chi connectivity index (χ3n) is 12.1. The lowest BCUT2D eigenvalue weighted by Gasteiger charge is -2.18. The van der Waals surface area contributed by atoms with Gasteiger partial charge in [-0.15, -0.1) is 0 Å². The zero-order chi connectivity index (χ0) is 46.5. The van der Waals surface area contributed by atoms with E-state index in [1.807, 2.05) is 0 Å². The van der Waals surface area contributed by atoms with Gasteiger partial charge in [0.25, 0.3) is 0 Å². The molecule has 0 N–H and O–H groups in total. The molecule has 0 aliphatic heterocycles. The van der Waals surface area contributed by atoms with Crippen molar-refractivity contribution in [2.75, 3.05) is 13.2 Å². The maximum atomic E-state index is 12.7. The molecule has 0 aliphatic rings. The number of hydrogen-bond donors (Lipinski definition) is 0. The quantitative estimate of drug-likeness (QED) is 0.0262. The van der Waals surface area contributed by atoms with Gasteiger partial charge in [0.1, 0.15) is 13.2 Å². The molecule has 0 saturated carbocycles. The summed E-state index contributed by atoms with van der Waals surface area (Å²) >= 11 is 0. The first-order chi connectivity index (χ1) is 31.5. The Morgan fingerprint density at radius 2 is 0.609 bits per heavy atom. The van der Waals surface area contributed by atoms with Gasteiger partial charge < -0.3 is 14.2 Å². The van der Waals surface area contributed by atoms with Gasteiger partial charge in [-0.2, -0.15) is 0 Å². The Kier molecular flexibility index (Phi) is 50.8. The molecule has 0 radical (unpaired) electrons. The van der Waals surface area contributed by atoms with Gasteiger partial charge in [-0.25, -0.2) is 0 Å². The van der Waals surface area contributed by atoms with Crippen LogP contribution >= 0.6 is 0 Å². The van der Waals surface area contributed by atoms with Gasteiger partial charge in [0.2, 0.25) is 0 Å². The minimum atomic E-state index is -0.765. The summed E-state index contributed by atoms with van der Waals surface area (Å²) in [5, 5.41) is 0. The Morgan fingerprint density at radius 3 is 0.953 bits per heavy atom. The molecular formula is C58H104O6. The molecule has 0 aromatic heterocycles. The van der Waals surface area contributed by atoms with Gasteiger partial charge in [0.15, 0.2) is 6.10 Å². The summed E-state index contributed by atoms with van der Waals surface area (Å²) in [7, 11) is 0. The van der Waals surface area contributed by atoms with Crippen LogP contribution in [-0.4, -0.2) is 37.2 Å². The first-order valence-electron chi connectivity index (χ1n) is 27.6. The van der Waals surface area contributed by atoms with Crippen LogP contribution in [0.5, 0.6) is 0 Å². The molecule has 64 heavy (non-hydrogen) atoms. The smallest absolute Gasteiger partial charge is 0.306 e. The van der Waals surface area contributed by atoms with Crippen LogP contribution in [-0.2, 0) is 28.6 Å². The monoisotopic (exact) mass is 897 g/mol. The van der Waals surface area contributed by atoms with Crippen molar-refractivity contribution in [3.05, 3.63) is 48.6 Å². The van der Waals surface area contributed by atoms with E-state index >= 15 is 0 Å². The maximum absolute atomic E-state index is 12.7. The van der Waals surface area contributed by atoms with E-state index in [1.165, 1.54) is 154 Å². The molecule has 1 unspecified atom stereocenters. The molecule has 0 fully saturated rings. The summed E-state index contributed by atoms with van der Waals surface area (Å²) in [6.07, 6.45) is 64.3. The minimum absolute atomic E-state index is 0.0697. The fraction of sp³-hybridized carbons (Fsp3) is 0.810. The van der Waals surface area contributed by atoms with E-state index in [0.29, 0.717) is 19.3 Å². The van der Waals surface area contributed by atoms with Crippen LogP contribution in [0.4, 0.5) is 0 Å². The summed E-state index contributed by atoms with van der Waals surface area (Å²) in [5.74, 6) is -0.872. The van der Waals surface area contributed by atoms with E-state index in [4.69, 9.17) is 14.2 Å². The van der Waals surface area contributed by atoms with Gasteiger partial charge >= 0.3 is 17.9 Å². The SMILES string of the molecule is CC/C=C\C/C=C\C/C=C\C/C=C\CCCCCCCCCCCCCCCCC(=O)OCC(COC(=O)CCCCCCC)OC(=O)CCCCCCCCCCCCCCCC. The molecule has 0 amide bonds. The van der Waals surface area contributed by atoms with Gasteiger partial charge in [0, 0.05) is 19.3 Å². The highest BCUT2D eigenvalue weighted by Crippen LogP contribution is 2.16. The summed E-state index contributed by atoms with van der Waals surface area (Å²) in [6.45, 7) is 6.47. The van der Waals surface area contributed by atoms with Crippen molar-refractivity contribution in [3.8, 4) is 0 Å². The van der Waals surface area contributed by atoms with Crippen LogP contribution < -0.4 is 0 Å². The Hall–Kier alpha value is -2.63. The van der Waals surface area contributed by atoms with Crippen LogP contribution in [0.25, 0.3) is 0 Å². The third kappa shape index (κ3) is 50.4. The number of rotatable bonds is 50. The lowest BCUT2D eigenvalue weighted by Crippen LogP contribution is -2.30. The average molecular weight is 897 g/mol. The number of esters is 3. The Bertz CT molecular complexity index is 1120. The topological polar surface area (TPSA) is 78.9 Å². The molecule has 6 heteroatoms. The van der Waals surface area contributed by atoms with Gasteiger partial charge in [-0.1, -0.05) is 256 Å². The fourth-order valence-electron chi connectivity index (χ4n) is 7.96. The molecule has 0 aliphatic carbocycles. The molecule has 0 spiro atoms. The van der Waals surface area contributed by atoms with E-state index in [-0.39, 0.29) is 31.1 Å². The lowest BCUT2D eigenvalue weighted by atomic mass is 10.0. The van der Waals surface area contributed by atoms with Crippen LogP contribution in [0.3, 0.4) is 0 Å². The standard InChI is InChI=1S/C58H104O6/c1-4-7-10-13-15-17-19-21-23-24-25-26-27-28-29-30-31-32-33-34-35-37-38-40-42-45-48-51-57(60)63-54-55(53-62-56(59)50-47-44-12-9-6-3)64-58(61)52-49-46-43-41-39-36-22-20-18-16-14-11-8-5-2/h7,10,15,17,21,23,25-26,55H,4-6,8-9,11-14,16,18-20,22,24,27-54H2,1-3H3/b10-7-,17-15-,23-21-,26-25-. The van der Waals surface area contributed by atoms with Crippen molar-refractivity contribution in [2.24, 2.45) is 0 Å². The van der Waals surface area contributed by atoms with Crippen molar-refractivity contribution in [2.45, 2.75) is 290 Å². The number of unbranched alkanes of at least 4 members (excludes halogenated alkanes) is 31. The Balaban J connectivity index is 4.01. The van der Waals surface area contributed by atoms with Gasteiger partial charge in [-0.05, 0) is 57.8 Å². The van der Waals surface area contributed by atoms with Crippen molar-refractivity contribution in [1.29, 1.82) is 0 Å². The molecule has 0 aromatic carbocycles. The predicted octanol–water partition coefficient (Wildman–Crippen LogP) is 18.3. The van der Waals surface area contributed by atoms with Crippen LogP contribution in [0.15, 0.2) is 48.6 Å². The Labute approximate surface area is 397 Å². The molecule has 0 rings (SSSR count). The van der Waals surface area contributed by atoms with E-state index in [2.05, 4.69) is 69.4 Å². The lowest BCUT2D eigenvalue weighted by molar-refractivity contribution is -0.167. The molecular weight excluding hydrogens is 793 g/mol. The number of hydrogen-bond acceptors (Lipinski definition) is 6. The highest BCUT2D eigenvalue weighted by atomic mass is 16.6. The molecule has 1 atom stereocenters. The van der Waals surface area contributed by atoms with E-state index in [1.54, 1.807) is 0 Å². The summed E-state index contributed by atoms with van der Waals surface area (Å²) in [5.41, 5.74) is 0. The van der Waals surface area contributed by atoms with Crippen LogP contribution in [0.1, 0.15) is 284 Å². The summed E-state index contributed by atoms with van der Waals surface area (Å²) in [4.78, 5) is 37.7. The Morgan fingerprint density at radius 1 is 0.328 bits per heavy atom. The van der Waals surface area contributed by atoms with Crippen molar-refractivity contribution in [3.63, 3.8) is 0 Å². The first kappa shape index (κ1) is 61.4. The number of carbonyl (C=O) groups is 3. The first-order valence-corrected chi connectivity index (χ1v) is 27.6. The third-order valence-corrected chi connectivity index (χ3v) is 12.1. The van der Waals surface area contributed by atoms with Crippen molar-refractivity contribution >= 4 is 17.9 Å². The van der Waals surface area contributed by atoms with Crippen molar-refractivity contribution < 1.29 is 28.6 Å². The second kappa shape index (κ2) is 53.0. The van der Waals surface area contributed by atoms with Crippen LogP contribution in [0, 0.1) is 0 Å². The van der Waals surface area contributed by atoms with Gasteiger partial charge in [-0.3, -0.25) is 14.4 Å². The minimum Gasteiger partial charge on any atom is -0.462 e. The molecule has 0 saturated heterocycles. The van der Waals surface area contributed by atoms with Crippen molar-refractivity contribution in [1.82, 2.24) is 0 Å². The largest absolute Gasteiger partial charge is 0.462 e. The number of carbonyl (C=O) groups excluding carboxylic acids is 3. The van der Waals surface area contributed by atoms with E-state index in [9.17, 15) is 14.4 Å². The normalized spacial score (nSPS) is 12.4. The maximum Gasteiger partial charge on any atom is 0.306 e. The second-order valence-electron chi connectivity index (χ2n) is 18.5. The highest BCUT2D eigenvalue weighted by Gasteiger charge is 2.19. The molecule has 0 bridgehead atoms.